The summed E-state index contributed by atoms with van der Waals surface area (Å²) in [6.07, 6.45) is 0. The monoisotopic (exact) mass is 336 g/mol. The third kappa shape index (κ3) is 2.11. The van der Waals surface area contributed by atoms with Crippen molar-refractivity contribution in [2.75, 3.05) is 0 Å². The Morgan fingerprint density at radius 1 is 0.750 bits per heavy atom. The predicted molar refractivity (Wildman–Crippen MR) is 98.2 cm³/mol. The van der Waals surface area contributed by atoms with Crippen molar-refractivity contribution >= 4 is 42.4 Å². The van der Waals surface area contributed by atoms with Crippen LogP contribution in [0.15, 0.2) is 59.5 Å². The van der Waals surface area contributed by atoms with Crippen LogP contribution in [-0.2, 0) is 10.1 Å². The summed E-state index contributed by atoms with van der Waals surface area (Å²) >= 11 is 0. The summed E-state index contributed by atoms with van der Waals surface area (Å²) in [7, 11) is -4.23. The van der Waals surface area contributed by atoms with Gasteiger partial charge >= 0.3 is 0 Å². The van der Waals surface area contributed by atoms with Crippen LogP contribution in [0.25, 0.3) is 32.3 Å². The number of hydrogen-bond acceptors (Lipinski definition) is 2. The average Bonchev–Trinajstić information content (AvgIpc) is 2.57. The van der Waals surface area contributed by atoms with Crippen LogP contribution in [0.2, 0.25) is 0 Å². The molecule has 0 unspecified atom stereocenters. The Morgan fingerprint density at radius 3 is 2.04 bits per heavy atom. The van der Waals surface area contributed by atoms with Gasteiger partial charge in [-0.25, -0.2) is 0 Å². The van der Waals surface area contributed by atoms with Crippen LogP contribution in [0.1, 0.15) is 11.1 Å². The molecule has 4 aromatic rings. The van der Waals surface area contributed by atoms with Crippen molar-refractivity contribution in [1.29, 1.82) is 0 Å². The van der Waals surface area contributed by atoms with Gasteiger partial charge in [-0.2, -0.15) is 8.42 Å². The summed E-state index contributed by atoms with van der Waals surface area (Å²) in [6, 6.07) is 17.0. The minimum atomic E-state index is -4.23. The van der Waals surface area contributed by atoms with Crippen LogP contribution in [-0.4, -0.2) is 13.0 Å². The highest BCUT2D eigenvalue weighted by atomic mass is 32.2. The average molecular weight is 336 g/mol. The molecule has 0 amide bonds. The maximum atomic E-state index is 11.5. The van der Waals surface area contributed by atoms with Crippen molar-refractivity contribution in [3.8, 4) is 0 Å². The van der Waals surface area contributed by atoms with Gasteiger partial charge in [-0.15, -0.1) is 0 Å². The van der Waals surface area contributed by atoms with E-state index >= 15 is 0 Å². The van der Waals surface area contributed by atoms with Gasteiger partial charge in [0.1, 0.15) is 0 Å². The number of benzene rings is 4. The smallest absolute Gasteiger partial charge is 0.282 e. The highest BCUT2D eigenvalue weighted by Crippen LogP contribution is 2.37. The fraction of sp³-hybridized carbons (Fsp3) is 0.100. The lowest BCUT2D eigenvalue weighted by atomic mass is 9.90. The van der Waals surface area contributed by atoms with Crippen molar-refractivity contribution < 1.29 is 13.0 Å². The molecule has 0 aliphatic carbocycles. The molecule has 120 valence electrons. The van der Waals surface area contributed by atoms with Gasteiger partial charge in [0.05, 0.1) is 4.90 Å². The van der Waals surface area contributed by atoms with E-state index in [2.05, 4.69) is 32.0 Å². The van der Waals surface area contributed by atoms with Crippen LogP contribution in [0.3, 0.4) is 0 Å². The minimum Gasteiger partial charge on any atom is -0.282 e. The molecule has 0 saturated heterocycles. The lowest BCUT2D eigenvalue weighted by Crippen LogP contribution is -1.98. The summed E-state index contributed by atoms with van der Waals surface area (Å²) in [5, 5.41) is 6.29. The molecule has 0 spiro atoms. The molecule has 0 atom stereocenters. The van der Waals surface area contributed by atoms with E-state index < -0.39 is 10.1 Å². The fourth-order valence-corrected chi connectivity index (χ4v) is 4.10. The Balaban J connectivity index is 2.29. The van der Waals surface area contributed by atoms with E-state index in [0.717, 1.165) is 32.5 Å². The first kappa shape index (κ1) is 15.1. The quantitative estimate of drug-likeness (QED) is 0.302. The van der Waals surface area contributed by atoms with Crippen LogP contribution < -0.4 is 0 Å². The van der Waals surface area contributed by atoms with Gasteiger partial charge in [-0.3, -0.25) is 4.55 Å². The van der Waals surface area contributed by atoms with E-state index in [1.165, 1.54) is 17.0 Å². The minimum absolute atomic E-state index is 0.0762. The fourth-order valence-electron chi connectivity index (χ4n) is 3.59. The molecule has 0 aliphatic rings. The van der Waals surface area contributed by atoms with Gasteiger partial charge in [-0.05, 0) is 69.4 Å². The molecule has 1 N–H and O–H groups in total. The Hall–Kier alpha value is -2.43. The van der Waals surface area contributed by atoms with Gasteiger partial charge in [0, 0.05) is 0 Å². The number of aryl methyl sites for hydroxylation is 2. The number of fused-ring (bicyclic) bond motifs is 4. The SMILES string of the molecule is Cc1c2ccccc2c(C)c2c1ccc1ccc(S(=O)(=O)O)cc12. The normalized spacial score (nSPS) is 12.3. The third-order valence-electron chi connectivity index (χ3n) is 4.80. The largest absolute Gasteiger partial charge is 0.294 e. The Labute approximate surface area is 140 Å². The first-order valence-corrected chi connectivity index (χ1v) is 9.14. The third-order valence-corrected chi connectivity index (χ3v) is 5.65. The van der Waals surface area contributed by atoms with E-state index in [9.17, 15) is 13.0 Å². The zero-order valence-electron chi connectivity index (χ0n) is 13.4. The summed E-state index contributed by atoms with van der Waals surface area (Å²) in [5.41, 5.74) is 2.29. The van der Waals surface area contributed by atoms with Crippen molar-refractivity contribution in [3.05, 3.63) is 65.7 Å². The van der Waals surface area contributed by atoms with Gasteiger partial charge in [-0.1, -0.05) is 42.5 Å². The summed E-state index contributed by atoms with van der Waals surface area (Å²) < 4.78 is 32.5. The highest BCUT2D eigenvalue weighted by molar-refractivity contribution is 7.85. The maximum Gasteiger partial charge on any atom is 0.294 e. The van der Waals surface area contributed by atoms with Crippen molar-refractivity contribution in [2.45, 2.75) is 18.7 Å². The maximum absolute atomic E-state index is 11.5. The molecule has 3 nitrogen and oxygen atoms in total. The molecule has 4 heteroatoms. The first-order valence-electron chi connectivity index (χ1n) is 7.70. The lowest BCUT2D eigenvalue weighted by Gasteiger charge is -2.14. The van der Waals surface area contributed by atoms with Crippen LogP contribution >= 0.6 is 0 Å². The zero-order chi connectivity index (χ0) is 17.1. The molecule has 0 aromatic heterocycles. The van der Waals surface area contributed by atoms with Crippen molar-refractivity contribution in [2.24, 2.45) is 0 Å². The van der Waals surface area contributed by atoms with Crippen molar-refractivity contribution in [3.63, 3.8) is 0 Å². The molecular weight excluding hydrogens is 320 g/mol. The predicted octanol–water partition coefficient (Wildman–Crippen LogP) is 5.01. The van der Waals surface area contributed by atoms with E-state index in [4.69, 9.17) is 0 Å². The molecule has 0 saturated carbocycles. The topological polar surface area (TPSA) is 54.4 Å². The molecule has 0 aliphatic heterocycles. The summed E-state index contributed by atoms with van der Waals surface area (Å²) in [5.74, 6) is 0. The number of rotatable bonds is 1. The van der Waals surface area contributed by atoms with Crippen LogP contribution in [0.4, 0.5) is 0 Å². The van der Waals surface area contributed by atoms with E-state index in [-0.39, 0.29) is 4.90 Å². The summed E-state index contributed by atoms with van der Waals surface area (Å²) in [4.78, 5) is -0.0762. The highest BCUT2D eigenvalue weighted by Gasteiger charge is 2.14. The number of hydrogen-bond donors (Lipinski definition) is 1. The van der Waals surface area contributed by atoms with Crippen LogP contribution in [0, 0.1) is 13.8 Å². The summed E-state index contributed by atoms with van der Waals surface area (Å²) in [6.45, 7) is 4.15. The van der Waals surface area contributed by atoms with Gasteiger partial charge in [0.15, 0.2) is 0 Å². The van der Waals surface area contributed by atoms with E-state index in [1.54, 1.807) is 12.1 Å². The molecule has 4 rings (SSSR count). The molecule has 0 radical (unpaired) electrons. The molecule has 4 aromatic carbocycles. The first-order chi connectivity index (χ1) is 11.4. The molecule has 0 heterocycles. The standard InChI is InChI=1S/C20H16O3S/c1-12-16-5-3-4-6-17(16)13(2)20-18(12)10-8-14-7-9-15(11-19(14)20)24(21,22)23/h3-11H,1-2H3,(H,21,22,23). The van der Waals surface area contributed by atoms with Gasteiger partial charge < -0.3 is 0 Å². The van der Waals surface area contributed by atoms with Gasteiger partial charge in [0.2, 0.25) is 0 Å². The Bertz CT molecular complexity index is 1240. The molecule has 0 fully saturated rings. The molecule has 24 heavy (non-hydrogen) atoms. The molecule has 0 bridgehead atoms. The molecular formula is C20H16O3S. The second kappa shape index (κ2) is 5.03. The van der Waals surface area contributed by atoms with Crippen molar-refractivity contribution in [1.82, 2.24) is 0 Å². The zero-order valence-corrected chi connectivity index (χ0v) is 14.2. The van der Waals surface area contributed by atoms with Gasteiger partial charge in [0.25, 0.3) is 10.1 Å². The lowest BCUT2D eigenvalue weighted by molar-refractivity contribution is 0.483. The van der Waals surface area contributed by atoms with E-state index in [0.29, 0.717) is 0 Å². The second-order valence-electron chi connectivity index (χ2n) is 6.14. The van der Waals surface area contributed by atoms with Crippen LogP contribution in [0.5, 0.6) is 0 Å². The second-order valence-corrected chi connectivity index (χ2v) is 7.56. The van der Waals surface area contributed by atoms with E-state index in [1.807, 2.05) is 18.2 Å². The Kier molecular flexibility index (Phi) is 3.17. The Morgan fingerprint density at radius 2 is 1.38 bits per heavy atom.